The smallest absolute Gasteiger partial charge is 0.222 e. The van der Waals surface area contributed by atoms with Crippen LogP contribution < -0.4 is 21.7 Å². The Morgan fingerprint density at radius 1 is 1.21 bits per heavy atom. The van der Waals surface area contributed by atoms with E-state index in [9.17, 15) is 0 Å². The van der Waals surface area contributed by atoms with Crippen molar-refractivity contribution in [1.82, 2.24) is 15.0 Å². The van der Waals surface area contributed by atoms with E-state index in [2.05, 4.69) is 44.2 Å². The molecule has 0 radical (unpaired) electrons. The number of nitrogens with two attached hydrogens (primary N) is 2. The Labute approximate surface area is 140 Å². The lowest BCUT2D eigenvalue weighted by Crippen LogP contribution is -2.13. The molecule has 24 heavy (non-hydrogen) atoms. The number of pyridine rings is 1. The van der Waals surface area contributed by atoms with E-state index in [1.807, 2.05) is 26.4 Å². The summed E-state index contributed by atoms with van der Waals surface area (Å²) < 4.78 is 0. The van der Waals surface area contributed by atoms with Crippen LogP contribution >= 0.6 is 0 Å². The molecule has 0 spiro atoms. The van der Waals surface area contributed by atoms with Gasteiger partial charge in [0.1, 0.15) is 0 Å². The van der Waals surface area contributed by atoms with Crippen molar-refractivity contribution in [2.75, 3.05) is 35.8 Å². The van der Waals surface area contributed by atoms with Crippen molar-refractivity contribution in [2.45, 2.75) is 13.5 Å². The van der Waals surface area contributed by atoms with Gasteiger partial charge in [-0.05, 0) is 24.1 Å². The van der Waals surface area contributed by atoms with Crippen molar-refractivity contribution < 1.29 is 0 Å². The van der Waals surface area contributed by atoms with Gasteiger partial charge in [0.25, 0.3) is 0 Å². The number of nitrogens with one attached hydrogen (secondary N) is 1. The number of benzene rings is 1. The average Bonchev–Trinajstić information content (AvgIpc) is 2.53. The van der Waals surface area contributed by atoms with Crippen LogP contribution in [0, 0.1) is 6.92 Å². The predicted molar refractivity (Wildman–Crippen MR) is 99.0 cm³/mol. The molecule has 0 saturated heterocycles. The number of aromatic nitrogens is 3. The van der Waals surface area contributed by atoms with Crippen LogP contribution in [0.2, 0.25) is 0 Å². The Morgan fingerprint density at radius 3 is 2.71 bits per heavy atom. The molecular formula is C17H21N7. The summed E-state index contributed by atoms with van der Waals surface area (Å²) in [5.41, 5.74) is 16.5. The summed E-state index contributed by atoms with van der Waals surface area (Å²) in [5, 5.41) is 4.38. The Balaban J connectivity index is 1.99. The van der Waals surface area contributed by atoms with Crippen LogP contribution in [-0.2, 0) is 6.54 Å². The summed E-state index contributed by atoms with van der Waals surface area (Å²) in [6.07, 6.45) is 3.41. The zero-order valence-electron chi connectivity index (χ0n) is 14.0. The SMILES string of the molecule is Cc1cc(CNc2cnc(N)nc2N)c2cccnc2c1N(C)C. The molecule has 3 rings (SSSR count). The van der Waals surface area contributed by atoms with Gasteiger partial charge in [-0.1, -0.05) is 12.1 Å². The molecule has 0 unspecified atom stereocenters. The van der Waals surface area contributed by atoms with Gasteiger partial charge in [-0.25, -0.2) is 4.98 Å². The molecule has 0 bridgehead atoms. The Kier molecular flexibility index (Phi) is 4.07. The molecule has 7 heteroatoms. The molecule has 7 nitrogen and oxygen atoms in total. The minimum atomic E-state index is 0.166. The topological polar surface area (TPSA) is 106 Å². The molecule has 0 amide bonds. The van der Waals surface area contributed by atoms with E-state index >= 15 is 0 Å². The molecular weight excluding hydrogens is 302 g/mol. The predicted octanol–water partition coefficient (Wildman–Crippen LogP) is 2.18. The van der Waals surface area contributed by atoms with Crippen molar-refractivity contribution in [1.29, 1.82) is 0 Å². The van der Waals surface area contributed by atoms with E-state index < -0.39 is 0 Å². The second-order valence-electron chi connectivity index (χ2n) is 5.88. The van der Waals surface area contributed by atoms with E-state index in [0.717, 1.165) is 22.2 Å². The average molecular weight is 323 g/mol. The molecule has 0 saturated carbocycles. The molecule has 124 valence electrons. The number of nitrogens with zero attached hydrogens (tertiary/aromatic N) is 4. The van der Waals surface area contributed by atoms with Crippen LogP contribution in [0.1, 0.15) is 11.1 Å². The summed E-state index contributed by atoms with van der Waals surface area (Å²) in [4.78, 5) is 14.6. The molecule has 0 aliphatic rings. The van der Waals surface area contributed by atoms with Gasteiger partial charge >= 0.3 is 0 Å². The van der Waals surface area contributed by atoms with Crippen LogP contribution in [0.3, 0.4) is 0 Å². The maximum Gasteiger partial charge on any atom is 0.222 e. The standard InChI is InChI=1S/C17H21N7/c1-10-7-11(8-21-13-9-22-17(19)23-16(13)18)12-5-4-6-20-14(12)15(10)24(2)3/h4-7,9,21H,8H2,1-3H3,(H4,18,19,22,23). The monoisotopic (exact) mass is 323 g/mol. The Bertz CT molecular complexity index is 889. The maximum absolute atomic E-state index is 5.88. The van der Waals surface area contributed by atoms with Crippen molar-refractivity contribution in [3.8, 4) is 0 Å². The molecule has 1 aromatic carbocycles. The van der Waals surface area contributed by atoms with E-state index in [1.165, 1.54) is 5.56 Å². The zero-order chi connectivity index (χ0) is 17.3. The van der Waals surface area contributed by atoms with Gasteiger partial charge in [0.2, 0.25) is 5.95 Å². The van der Waals surface area contributed by atoms with Crippen molar-refractivity contribution in [2.24, 2.45) is 0 Å². The van der Waals surface area contributed by atoms with Gasteiger partial charge in [0.15, 0.2) is 5.82 Å². The van der Waals surface area contributed by atoms with E-state index in [1.54, 1.807) is 6.20 Å². The third-order valence-corrected chi connectivity index (χ3v) is 3.90. The lowest BCUT2D eigenvalue weighted by Gasteiger charge is -2.20. The molecule has 3 aromatic rings. The highest BCUT2D eigenvalue weighted by Crippen LogP contribution is 2.31. The number of aryl methyl sites for hydroxylation is 1. The number of rotatable bonds is 4. The third kappa shape index (κ3) is 2.88. The molecule has 0 aliphatic heterocycles. The van der Waals surface area contributed by atoms with Gasteiger partial charge in [-0.15, -0.1) is 0 Å². The molecule has 2 heterocycles. The zero-order valence-corrected chi connectivity index (χ0v) is 14.0. The largest absolute Gasteiger partial charge is 0.382 e. The molecule has 5 N–H and O–H groups in total. The molecule has 2 aromatic heterocycles. The highest BCUT2D eigenvalue weighted by Gasteiger charge is 2.12. The van der Waals surface area contributed by atoms with Crippen molar-refractivity contribution in [3.05, 3.63) is 41.7 Å². The fourth-order valence-corrected chi connectivity index (χ4v) is 2.89. The van der Waals surface area contributed by atoms with Gasteiger partial charge in [0.05, 0.1) is 23.1 Å². The van der Waals surface area contributed by atoms with Crippen LogP contribution in [0.25, 0.3) is 10.9 Å². The van der Waals surface area contributed by atoms with E-state index in [0.29, 0.717) is 18.1 Å². The fourth-order valence-electron chi connectivity index (χ4n) is 2.89. The van der Waals surface area contributed by atoms with Crippen LogP contribution in [0.5, 0.6) is 0 Å². The highest BCUT2D eigenvalue weighted by molar-refractivity contribution is 5.95. The normalized spacial score (nSPS) is 10.8. The van der Waals surface area contributed by atoms with E-state index in [4.69, 9.17) is 11.5 Å². The molecule has 0 atom stereocenters. The number of nitrogen functional groups attached to an aromatic ring is 2. The summed E-state index contributed by atoms with van der Waals surface area (Å²) >= 11 is 0. The van der Waals surface area contributed by atoms with Gasteiger partial charge in [-0.2, -0.15) is 4.98 Å². The quantitative estimate of drug-likeness (QED) is 0.675. The number of hydrogen-bond donors (Lipinski definition) is 3. The molecule has 0 fully saturated rings. The van der Waals surface area contributed by atoms with Gasteiger partial charge < -0.3 is 21.7 Å². The van der Waals surface area contributed by atoms with E-state index in [-0.39, 0.29) is 5.95 Å². The van der Waals surface area contributed by atoms with Gasteiger partial charge in [-0.3, -0.25) is 4.98 Å². The minimum Gasteiger partial charge on any atom is -0.382 e. The number of anilines is 4. The first kappa shape index (κ1) is 15.8. The Morgan fingerprint density at radius 2 is 2.00 bits per heavy atom. The summed E-state index contributed by atoms with van der Waals surface area (Å²) in [7, 11) is 4.06. The van der Waals surface area contributed by atoms with Crippen LogP contribution in [-0.4, -0.2) is 29.0 Å². The third-order valence-electron chi connectivity index (χ3n) is 3.90. The second-order valence-corrected chi connectivity index (χ2v) is 5.88. The van der Waals surface area contributed by atoms with Crippen LogP contribution in [0.4, 0.5) is 23.1 Å². The minimum absolute atomic E-state index is 0.166. The van der Waals surface area contributed by atoms with Crippen LogP contribution in [0.15, 0.2) is 30.6 Å². The maximum atomic E-state index is 5.88. The summed E-state index contributed by atoms with van der Waals surface area (Å²) in [6.45, 7) is 2.68. The highest BCUT2D eigenvalue weighted by atomic mass is 15.1. The number of hydrogen-bond acceptors (Lipinski definition) is 7. The molecule has 0 aliphatic carbocycles. The lowest BCUT2D eigenvalue weighted by molar-refractivity contribution is 1.09. The van der Waals surface area contributed by atoms with Gasteiger partial charge in [0, 0.05) is 32.2 Å². The first-order chi connectivity index (χ1) is 11.5. The summed E-state index contributed by atoms with van der Waals surface area (Å²) in [5.74, 6) is 0.505. The second kappa shape index (κ2) is 6.19. The fraction of sp³-hybridized carbons (Fsp3) is 0.235. The lowest BCUT2D eigenvalue weighted by atomic mass is 10.0. The van der Waals surface area contributed by atoms with Crippen molar-refractivity contribution in [3.63, 3.8) is 0 Å². The Hall–Kier alpha value is -3.09. The first-order valence-corrected chi connectivity index (χ1v) is 7.63. The summed E-state index contributed by atoms with van der Waals surface area (Å²) in [6, 6.07) is 6.19. The van der Waals surface area contributed by atoms with Crippen molar-refractivity contribution >= 4 is 34.0 Å². The number of fused-ring (bicyclic) bond motifs is 1. The first-order valence-electron chi connectivity index (χ1n) is 7.63.